The summed E-state index contributed by atoms with van der Waals surface area (Å²) < 4.78 is 5.85. The number of nitro groups is 1. The molecule has 1 fully saturated rings. The molecule has 5 heteroatoms. The van der Waals surface area contributed by atoms with Gasteiger partial charge in [-0.05, 0) is 24.7 Å². The van der Waals surface area contributed by atoms with Gasteiger partial charge in [0, 0.05) is 24.1 Å². The second kappa shape index (κ2) is 4.66. The molecule has 18 heavy (non-hydrogen) atoms. The monoisotopic (exact) mass is 250 g/mol. The molecule has 0 N–H and O–H groups in total. The van der Waals surface area contributed by atoms with E-state index in [1.165, 1.54) is 12.1 Å². The third-order valence-corrected chi connectivity index (χ3v) is 3.10. The second-order valence-electron chi connectivity index (χ2n) is 5.59. The third kappa shape index (κ3) is 2.68. The molecule has 1 aromatic rings. The minimum absolute atomic E-state index is 0.109. The Bertz CT molecular complexity index is 442. The van der Waals surface area contributed by atoms with Gasteiger partial charge in [-0.1, -0.05) is 13.8 Å². The smallest absolute Gasteiger partial charge is 0.269 e. The van der Waals surface area contributed by atoms with Gasteiger partial charge in [0.2, 0.25) is 0 Å². The highest BCUT2D eigenvalue weighted by molar-refractivity contribution is 5.33. The molecule has 1 heterocycles. The number of rotatable bonds is 2. The number of nitrogens with zero attached hydrogens (tertiary/aromatic N) is 2. The van der Waals surface area contributed by atoms with E-state index in [0.717, 1.165) is 12.1 Å². The first-order chi connectivity index (χ1) is 8.39. The predicted molar refractivity (Wildman–Crippen MR) is 68.2 cm³/mol. The van der Waals surface area contributed by atoms with Crippen LogP contribution in [-0.2, 0) is 4.74 Å². The van der Waals surface area contributed by atoms with E-state index in [1.54, 1.807) is 12.1 Å². The fourth-order valence-corrected chi connectivity index (χ4v) is 2.35. The Morgan fingerprint density at radius 3 is 2.50 bits per heavy atom. The average Bonchev–Trinajstić information content (AvgIpc) is 2.28. The van der Waals surface area contributed by atoms with Gasteiger partial charge in [-0.25, -0.2) is 0 Å². The molecule has 1 aliphatic heterocycles. The molecule has 98 valence electrons. The molecule has 1 atom stereocenters. The maximum absolute atomic E-state index is 10.6. The van der Waals surface area contributed by atoms with Crippen LogP contribution in [0.2, 0.25) is 0 Å². The van der Waals surface area contributed by atoms with Crippen molar-refractivity contribution in [3.63, 3.8) is 0 Å². The zero-order valence-corrected chi connectivity index (χ0v) is 10.9. The van der Waals surface area contributed by atoms with Crippen LogP contribution < -0.4 is 0 Å². The number of hydrogen-bond acceptors (Lipinski definition) is 4. The summed E-state index contributed by atoms with van der Waals surface area (Å²) in [6, 6.07) is 6.56. The van der Waals surface area contributed by atoms with E-state index in [0.29, 0.717) is 6.61 Å². The highest BCUT2D eigenvalue weighted by Gasteiger charge is 2.32. The minimum Gasteiger partial charge on any atom is -0.358 e. The second-order valence-corrected chi connectivity index (χ2v) is 5.59. The van der Waals surface area contributed by atoms with Crippen LogP contribution in [0.1, 0.15) is 25.6 Å². The van der Waals surface area contributed by atoms with Gasteiger partial charge in [0.1, 0.15) is 6.23 Å². The fourth-order valence-electron chi connectivity index (χ4n) is 2.35. The van der Waals surface area contributed by atoms with E-state index in [-0.39, 0.29) is 17.3 Å². The lowest BCUT2D eigenvalue weighted by atomic mass is 9.92. The first kappa shape index (κ1) is 13.0. The molecule has 0 aliphatic carbocycles. The molecular formula is C13H18N2O3. The van der Waals surface area contributed by atoms with Gasteiger partial charge >= 0.3 is 0 Å². The molecule has 1 aromatic carbocycles. The fraction of sp³-hybridized carbons (Fsp3) is 0.538. The number of benzene rings is 1. The molecule has 0 amide bonds. The third-order valence-electron chi connectivity index (χ3n) is 3.10. The molecule has 1 aliphatic rings. The van der Waals surface area contributed by atoms with E-state index in [1.807, 2.05) is 7.05 Å². The van der Waals surface area contributed by atoms with Gasteiger partial charge in [-0.2, -0.15) is 0 Å². The summed E-state index contributed by atoms with van der Waals surface area (Å²) in [5.74, 6) is 0. The first-order valence-corrected chi connectivity index (χ1v) is 5.95. The lowest BCUT2D eigenvalue weighted by molar-refractivity contribution is -0.384. The minimum atomic E-state index is -0.391. The number of nitro benzene ring substituents is 1. The number of non-ortho nitro benzene ring substituents is 1. The Hall–Kier alpha value is -1.46. The van der Waals surface area contributed by atoms with Crippen LogP contribution in [0.3, 0.4) is 0 Å². The van der Waals surface area contributed by atoms with Crippen molar-refractivity contribution in [3.8, 4) is 0 Å². The van der Waals surface area contributed by atoms with Crippen molar-refractivity contribution < 1.29 is 9.66 Å². The summed E-state index contributed by atoms with van der Waals surface area (Å²) in [6.45, 7) is 5.96. The molecule has 1 saturated heterocycles. The van der Waals surface area contributed by atoms with E-state index in [4.69, 9.17) is 4.74 Å². The summed E-state index contributed by atoms with van der Waals surface area (Å²) in [4.78, 5) is 12.3. The molecule has 0 saturated carbocycles. The number of hydrogen-bond donors (Lipinski definition) is 0. The van der Waals surface area contributed by atoms with Crippen molar-refractivity contribution >= 4 is 5.69 Å². The first-order valence-electron chi connectivity index (χ1n) is 5.95. The van der Waals surface area contributed by atoms with Gasteiger partial charge in [-0.15, -0.1) is 0 Å². The molecule has 0 bridgehead atoms. The highest BCUT2D eigenvalue weighted by atomic mass is 16.6. The maximum atomic E-state index is 10.6. The Labute approximate surface area is 107 Å². The van der Waals surface area contributed by atoms with Crippen molar-refractivity contribution in [1.29, 1.82) is 0 Å². The van der Waals surface area contributed by atoms with Crippen molar-refractivity contribution in [3.05, 3.63) is 39.9 Å². The summed E-state index contributed by atoms with van der Waals surface area (Å²) in [6.07, 6.45) is -0.112. The van der Waals surface area contributed by atoms with Crippen LogP contribution in [0, 0.1) is 15.5 Å². The molecule has 1 unspecified atom stereocenters. The summed E-state index contributed by atoms with van der Waals surface area (Å²) in [5, 5.41) is 10.6. The van der Waals surface area contributed by atoms with E-state index in [2.05, 4.69) is 18.7 Å². The van der Waals surface area contributed by atoms with Gasteiger partial charge in [0.25, 0.3) is 5.69 Å². The van der Waals surface area contributed by atoms with Crippen LogP contribution in [0.15, 0.2) is 24.3 Å². The lowest BCUT2D eigenvalue weighted by Gasteiger charge is -2.41. The largest absolute Gasteiger partial charge is 0.358 e. The maximum Gasteiger partial charge on any atom is 0.269 e. The van der Waals surface area contributed by atoms with Crippen LogP contribution in [0.4, 0.5) is 5.69 Å². The average molecular weight is 250 g/mol. The Morgan fingerprint density at radius 2 is 2.00 bits per heavy atom. The quantitative estimate of drug-likeness (QED) is 0.598. The van der Waals surface area contributed by atoms with Crippen LogP contribution >= 0.6 is 0 Å². The molecule has 0 aromatic heterocycles. The Balaban J connectivity index is 2.15. The molecule has 2 rings (SSSR count). The van der Waals surface area contributed by atoms with Gasteiger partial charge in [0.15, 0.2) is 0 Å². The van der Waals surface area contributed by atoms with Crippen molar-refractivity contribution in [2.24, 2.45) is 5.41 Å². The Kier molecular flexibility index (Phi) is 3.36. The molecular weight excluding hydrogens is 232 g/mol. The zero-order valence-electron chi connectivity index (χ0n) is 10.9. The van der Waals surface area contributed by atoms with E-state index in [9.17, 15) is 10.1 Å². The molecule has 0 spiro atoms. The molecule has 5 nitrogen and oxygen atoms in total. The SMILES string of the molecule is CN1CC(C)(C)COC1c1ccc([N+](=O)[O-])cc1. The Morgan fingerprint density at radius 1 is 1.39 bits per heavy atom. The lowest BCUT2D eigenvalue weighted by Crippen LogP contribution is -2.44. The summed E-state index contributed by atoms with van der Waals surface area (Å²) in [5.41, 5.74) is 1.21. The topological polar surface area (TPSA) is 55.6 Å². The highest BCUT2D eigenvalue weighted by Crippen LogP contribution is 2.32. The number of ether oxygens (including phenoxy) is 1. The van der Waals surface area contributed by atoms with Crippen molar-refractivity contribution in [2.45, 2.75) is 20.1 Å². The van der Waals surface area contributed by atoms with Gasteiger partial charge < -0.3 is 4.74 Å². The van der Waals surface area contributed by atoms with Crippen LogP contribution in [0.25, 0.3) is 0 Å². The molecule has 0 radical (unpaired) electrons. The van der Waals surface area contributed by atoms with Gasteiger partial charge in [-0.3, -0.25) is 15.0 Å². The van der Waals surface area contributed by atoms with Crippen LogP contribution in [0.5, 0.6) is 0 Å². The summed E-state index contributed by atoms with van der Waals surface area (Å²) >= 11 is 0. The summed E-state index contributed by atoms with van der Waals surface area (Å²) in [7, 11) is 2.01. The van der Waals surface area contributed by atoms with Crippen molar-refractivity contribution in [1.82, 2.24) is 4.90 Å². The van der Waals surface area contributed by atoms with Crippen molar-refractivity contribution in [2.75, 3.05) is 20.2 Å². The van der Waals surface area contributed by atoms with E-state index < -0.39 is 4.92 Å². The predicted octanol–water partition coefficient (Wildman–Crippen LogP) is 2.58. The van der Waals surface area contributed by atoms with E-state index >= 15 is 0 Å². The zero-order chi connectivity index (χ0) is 13.3. The van der Waals surface area contributed by atoms with Crippen LogP contribution in [-0.4, -0.2) is 30.0 Å². The van der Waals surface area contributed by atoms with Gasteiger partial charge in [0.05, 0.1) is 11.5 Å². The normalized spacial score (nSPS) is 23.8. The standard InChI is InChI=1S/C13H18N2O3/c1-13(2)8-14(3)12(18-9-13)10-4-6-11(7-5-10)15(16)17/h4-7,12H,8-9H2,1-3H3.